The number of halogens is 1. The van der Waals surface area contributed by atoms with Gasteiger partial charge in [0.2, 0.25) is 0 Å². The molecule has 88 valence electrons. The lowest BCUT2D eigenvalue weighted by Gasteiger charge is -2.15. The van der Waals surface area contributed by atoms with Gasteiger partial charge in [-0.2, -0.15) is 0 Å². The molecule has 1 aromatic rings. The third-order valence-electron chi connectivity index (χ3n) is 2.26. The number of carbonyl (C=O) groups excluding carboxylic acids is 1. The van der Waals surface area contributed by atoms with E-state index >= 15 is 0 Å². The largest absolute Gasteiger partial charge is 0.467 e. The molecule has 3 N–H and O–H groups in total. The maximum atomic E-state index is 13.1. The predicted octanol–water partition coefficient (Wildman–Crippen LogP) is 1.69. The Bertz CT molecular complexity index is 407. The zero-order valence-electron chi connectivity index (χ0n) is 9.50. The Morgan fingerprint density at radius 1 is 1.56 bits per heavy atom. The van der Waals surface area contributed by atoms with Gasteiger partial charge in [-0.3, -0.25) is 0 Å². The first-order chi connectivity index (χ1) is 7.45. The van der Waals surface area contributed by atoms with Gasteiger partial charge in [-0.1, -0.05) is 0 Å². The molecule has 0 aliphatic carbocycles. The van der Waals surface area contributed by atoms with Crippen molar-refractivity contribution >= 4 is 17.3 Å². The number of carbonyl (C=O) groups is 1. The minimum absolute atomic E-state index is 0.263. The molecular formula is C11H15FN2O2. The number of hydrogen-bond donors (Lipinski definition) is 2. The number of nitrogen functional groups attached to an aromatic ring is 1. The maximum Gasteiger partial charge on any atom is 0.327 e. The Morgan fingerprint density at radius 3 is 2.75 bits per heavy atom. The predicted molar refractivity (Wildman–Crippen MR) is 60.7 cm³/mol. The minimum Gasteiger partial charge on any atom is -0.467 e. The summed E-state index contributed by atoms with van der Waals surface area (Å²) >= 11 is 0. The van der Waals surface area contributed by atoms with Crippen molar-refractivity contribution in [1.82, 2.24) is 0 Å². The average molecular weight is 226 g/mol. The van der Waals surface area contributed by atoms with Crippen LogP contribution in [0.25, 0.3) is 0 Å². The second-order valence-electron chi connectivity index (χ2n) is 3.58. The van der Waals surface area contributed by atoms with E-state index in [4.69, 9.17) is 5.73 Å². The molecule has 1 aromatic carbocycles. The Hall–Kier alpha value is -1.78. The lowest BCUT2D eigenvalue weighted by molar-refractivity contribution is -0.141. The van der Waals surface area contributed by atoms with Gasteiger partial charge in [0.1, 0.15) is 11.9 Å². The fourth-order valence-corrected chi connectivity index (χ4v) is 1.29. The molecule has 0 saturated carbocycles. The number of nitrogens with one attached hydrogen (secondary N) is 1. The minimum atomic E-state index is -0.530. The molecule has 0 radical (unpaired) electrons. The standard InChI is InChI=1S/C11H15FN2O2/c1-6-4-10(9(13)5-8(6)12)14-7(2)11(15)16-3/h4-5,7,14H,13H2,1-3H3. The Labute approximate surface area is 93.6 Å². The third kappa shape index (κ3) is 2.62. The van der Waals surface area contributed by atoms with Gasteiger partial charge in [-0.05, 0) is 31.5 Å². The lowest BCUT2D eigenvalue weighted by atomic mass is 10.1. The molecule has 5 heteroatoms. The molecule has 0 bridgehead atoms. The Morgan fingerprint density at radius 2 is 2.19 bits per heavy atom. The monoisotopic (exact) mass is 226 g/mol. The highest BCUT2D eigenvalue weighted by atomic mass is 19.1. The third-order valence-corrected chi connectivity index (χ3v) is 2.26. The molecule has 0 saturated heterocycles. The quantitative estimate of drug-likeness (QED) is 0.608. The molecule has 0 aromatic heterocycles. The summed E-state index contributed by atoms with van der Waals surface area (Å²) in [7, 11) is 1.31. The van der Waals surface area contributed by atoms with Crippen LogP contribution in [0.15, 0.2) is 12.1 Å². The highest BCUT2D eigenvalue weighted by Crippen LogP contribution is 2.23. The van der Waals surface area contributed by atoms with Gasteiger partial charge in [0, 0.05) is 0 Å². The number of benzene rings is 1. The van der Waals surface area contributed by atoms with E-state index in [1.165, 1.54) is 13.2 Å². The van der Waals surface area contributed by atoms with Crippen LogP contribution in [0, 0.1) is 12.7 Å². The smallest absolute Gasteiger partial charge is 0.327 e. The van der Waals surface area contributed by atoms with Crippen LogP contribution in [0.4, 0.5) is 15.8 Å². The van der Waals surface area contributed by atoms with Gasteiger partial charge >= 0.3 is 5.97 Å². The Balaban J connectivity index is 2.89. The SMILES string of the molecule is COC(=O)C(C)Nc1cc(C)c(F)cc1N. The second kappa shape index (κ2) is 4.83. The number of anilines is 2. The lowest BCUT2D eigenvalue weighted by Crippen LogP contribution is -2.27. The average Bonchev–Trinajstić information content (AvgIpc) is 2.24. The first-order valence-electron chi connectivity index (χ1n) is 4.85. The van der Waals surface area contributed by atoms with E-state index in [9.17, 15) is 9.18 Å². The van der Waals surface area contributed by atoms with Crippen LogP contribution >= 0.6 is 0 Å². The van der Waals surface area contributed by atoms with Crippen molar-refractivity contribution in [3.05, 3.63) is 23.5 Å². The van der Waals surface area contributed by atoms with Crippen LogP contribution in [0.2, 0.25) is 0 Å². The number of esters is 1. The normalized spacial score (nSPS) is 12.0. The van der Waals surface area contributed by atoms with Crippen LogP contribution in [0.1, 0.15) is 12.5 Å². The summed E-state index contributed by atoms with van der Waals surface area (Å²) in [4.78, 5) is 11.2. The summed E-state index contributed by atoms with van der Waals surface area (Å²) in [6.45, 7) is 3.27. The molecule has 0 aliphatic heterocycles. The highest BCUT2D eigenvalue weighted by Gasteiger charge is 2.14. The molecule has 1 rings (SSSR count). The number of methoxy groups -OCH3 is 1. The van der Waals surface area contributed by atoms with Crippen molar-refractivity contribution in [3.63, 3.8) is 0 Å². The van der Waals surface area contributed by atoms with Crippen molar-refractivity contribution in [1.29, 1.82) is 0 Å². The van der Waals surface area contributed by atoms with Gasteiger partial charge < -0.3 is 15.8 Å². The summed E-state index contributed by atoms with van der Waals surface area (Å²) in [6, 6.07) is 2.25. The van der Waals surface area contributed by atoms with E-state index in [1.54, 1.807) is 19.9 Å². The van der Waals surface area contributed by atoms with Crippen molar-refractivity contribution < 1.29 is 13.9 Å². The number of aryl methyl sites for hydroxylation is 1. The number of hydrogen-bond acceptors (Lipinski definition) is 4. The summed E-state index contributed by atoms with van der Waals surface area (Å²) < 4.78 is 17.7. The van der Waals surface area contributed by atoms with E-state index in [-0.39, 0.29) is 11.5 Å². The molecule has 0 aliphatic rings. The zero-order valence-corrected chi connectivity index (χ0v) is 9.50. The van der Waals surface area contributed by atoms with Crippen LogP contribution < -0.4 is 11.1 Å². The van der Waals surface area contributed by atoms with E-state index < -0.39 is 12.0 Å². The van der Waals surface area contributed by atoms with Crippen molar-refractivity contribution in [3.8, 4) is 0 Å². The molecular weight excluding hydrogens is 211 g/mol. The molecule has 0 fully saturated rings. The summed E-state index contributed by atoms with van der Waals surface area (Å²) in [5, 5.41) is 2.86. The van der Waals surface area contributed by atoms with Crippen LogP contribution in [0.3, 0.4) is 0 Å². The van der Waals surface area contributed by atoms with Gasteiger partial charge in [0.05, 0.1) is 18.5 Å². The highest BCUT2D eigenvalue weighted by molar-refractivity contribution is 5.81. The molecule has 16 heavy (non-hydrogen) atoms. The van der Waals surface area contributed by atoms with Gasteiger partial charge in [-0.15, -0.1) is 0 Å². The summed E-state index contributed by atoms with van der Waals surface area (Å²) in [5.41, 5.74) is 6.88. The van der Waals surface area contributed by atoms with Crippen LogP contribution in [-0.4, -0.2) is 19.1 Å². The second-order valence-corrected chi connectivity index (χ2v) is 3.58. The summed E-state index contributed by atoms with van der Waals surface area (Å²) in [5.74, 6) is -0.768. The number of rotatable bonds is 3. The van der Waals surface area contributed by atoms with E-state index in [2.05, 4.69) is 10.1 Å². The molecule has 0 heterocycles. The van der Waals surface area contributed by atoms with Crippen molar-refractivity contribution in [2.24, 2.45) is 0 Å². The van der Waals surface area contributed by atoms with Gasteiger partial charge in [-0.25, -0.2) is 9.18 Å². The molecule has 1 unspecified atom stereocenters. The molecule has 1 atom stereocenters. The number of ether oxygens (including phenoxy) is 1. The zero-order chi connectivity index (χ0) is 12.3. The molecule has 0 amide bonds. The first kappa shape index (κ1) is 12.3. The number of nitrogens with two attached hydrogens (primary N) is 1. The topological polar surface area (TPSA) is 64.3 Å². The molecule has 0 spiro atoms. The van der Waals surface area contributed by atoms with Crippen LogP contribution in [0.5, 0.6) is 0 Å². The van der Waals surface area contributed by atoms with Crippen LogP contribution in [-0.2, 0) is 9.53 Å². The molecule has 4 nitrogen and oxygen atoms in total. The van der Waals surface area contributed by atoms with Crippen molar-refractivity contribution in [2.75, 3.05) is 18.2 Å². The van der Waals surface area contributed by atoms with E-state index in [1.807, 2.05) is 0 Å². The van der Waals surface area contributed by atoms with E-state index in [0.29, 0.717) is 11.3 Å². The van der Waals surface area contributed by atoms with Gasteiger partial charge in [0.25, 0.3) is 0 Å². The van der Waals surface area contributed by atoms with E-state index in [0.717, 1.165) is 0 Å². The fraction of sp³-hybridized carbons (Fsp3) is 0.364. The fourth-order valence-electron chi connectivity index (χ4n) is 1.29. The Kier molecular flexibility index (Phi) is 3.71. The van der Waals surface area contributed by atoms with Crippen molar-refractivity contribution in [2.45, 2.75) is 19.9 Å². The summed E-state index contributed by atoms with van der Waals surface area (Å²) in [6.07, 6.45) is 0. The maximum absolute atomic E-state index is 13.1. The van der Waals surface area contributed by atoms with Gasteiger partial charge in [0.15, 0.2) is 0 Å². The first-order valence-corrected chi connectivity index (χ1v) is 4.85.